The van der Waals surface area contributed by atoms with Crippen LogP contribution in [0.1, 0.15) is 28.7 Å². The molecule has 0 spiro atoms. The highest BCUT2D eigenvalue weighted by molar-refractivity contribution is 6.08. The molecule has 2 heterocycles. The van der Waals surface area contributed by atoms with Crippen molar-refractivity contribution in [2.45, 2.75) is 24.9 Å². The quantitative estimate of drug-likeness (QED) is 0.656. The summed E-state index contributed by atoms with van der Waals surface area (Å²) in [6.45, 7) is -0.392. The fourth-order valence-electron chi connectivity index (χ4n) is 2.74. The Morgan fingerprint density at radius 2 is 2.08 bits per heavy atom. The number of aliphatic hydroxyl groups excluding tert-OH is 2. The van der Waals surface area contributed by atoms with Crippen molar-refractivity contribution in [1.82, 2.24) is 9.55 Å². The zero-order valence-corrected chi connectivity index (χ0v) is 12.7. The predicted octanol–water partition coefficient (Wildman–Crippen LogP) is -0.303. The summed E-state index contributed by atoms with van der Waals surface area (Å²) in [5.74, 6) is -0.486. The average molecular weight is 331 g/mol. The van der Waals surface area contributed by atoms with Crippen LogP contribution < -0.4 is 11.4 Å². The number of aromatic nitrogens is 2. The van der Waals surface area contributed by atoms with Crippen molar-refractivity contribution in [1.29, 1.82) is 0 Å². The first-order valence-electron chi connectivity index (χ1n) is 7.44. The second-order valence-electron chi connectivity index (χ2n) is 5.53. The second-order valence-corrected chi connectivity index (χ2v) is 5.53. The highest BCUT2D eigenvalue weighted by Gasteiger charge is 2.36. The van der Waals surface area contributed by atoms with E-state index in [2.05, 4.69) is 4.98 Å². The fraction of sp³-hybridized carbons (Fsp3) is 0.312. The number of aliphatic hydroxyl groups is 2. The van der Waals surface area contributed by atoms with Crippen molar-refractivity contribution < 1.29 is 19.7 Å². The van der Waals surface area contributed by atoms with Crippen LogP contribution in [-0.2, 0) is 4.74 Å². The number of nitrogens with two attached hydrogens (primary N) is 1. The molecule has 1 aliphatic rings. The van der Waals surface area contributed by atoms with E-state index in [9.17, 15) is 19.8 Å². The van der Waals surface area contributed by atoms with Crippen molar-refractivity contribution in [3.8, 4) is 0 Å². The maximum absolute atomic E-state index is 12.8. The Bertz CT molecular complexity index is 805. The Kier molecular flexibility index (Phi) is 4.43. The van der Waals surface area contributed by atoms with E-state index in [-0.39, 0.29) is 17.9 Å². The van der Waals surface area contributed by atoms with Crippen molar-refractivity contribution in [3.05, 3.63) is 58.1 Å². The van der Waals surface area contributed by atoms with E-state index in [0.29, 0.717) is 5.56 Å². The van der Waals surface area contributed by atoms with Crippen LogP contribution in [0.5, 0.6) is 0 Å². The lowest BCUT2D eigenvalue weighted by atomic mass is 10.1. The number of benzene rings is 1. The Labute approximate surface area is 137 Å². The Hall–Kier alpha value is -2.55. The van der Waals surface area contributed by atoms with E-state index in [0.717, 1.165) is 4.57 Å². The minimum atomic E-state index is -0.941. The van der Waals surface area contributed by atoms with Crippen LogP contribution >= 0.6 is 0 Å². The summed E-state index contributed by atoms with van der Waals surface area (Å²) >= 11 is 0. The van der Waals surface area contributed by atoms with Crippen molar-refractivity contribution >= 4 is 11.6 Å². The molecule has 2 aromatic rings. The molecule has 1 aromatic carbocycles. The molecule has 24 heavy (non-hydrogen) atoms. The Morgan fingerprint density at radius 3 is 2.71 bits per heavy atom. The van der Waals surface area contributed by atoms with Gasteiger partial charge in [0.1, 0.15) is 18.1 Å². The van der Waals surface area contributed by atoms with Crippen LogP contribution in [0.4, 0.5) is 5.82 Å². The average Bonchev–Trinajstić information content (AvgIpc) is 2.94. The van der Waals surface area contributed by atoms with Gasteiger partial charge < -0.3 is 20.7 Å². The Balaban J connectivity index is 2.07. The monoisotopic (exact) mass is 331 g/mol. The van der Waals surface area contributed by atoms with E-state index >= 15 is 0 Å². The van der Waals surface area contributed by atoms with Crippen LogP contribution in [0.2, 0.25) is 0 Å². The number of ether oxygens (including phenoxy) is 1. The van der Waals surface area contributed by atoms with Crippen LogP contribution in [0.3, 0.4) is 0 Å². The van der Waals surface area contributed by atoms with Gasteiger partial charge in [-0.3, -0.25) is 9.36 Å². The SMILES string of the molecule is Nc1cc(C(=O)c2ccccc2)n([C@H]2C[C@H](O)[C@@H](CO)O2)c(=O)n1. The zero-order valence-electron chi connectivity index (χ0n) is 12.7. The summed E-state index contributed by atoms with van der Waals surface area (Å²) in [5.41, 5.74) is 5.28. The summed E-state index contributed by atoms with van der Waals surface area (Å²) in [7, 11) is 0. The van der Waals surface area contributed by atoms with Crippen LogP contribution in [0.15, 0.2) is 41.2 Å². The molecule has 3 atom stereocenters. The molecule has 0 unspecified atom stereocenters. The molecule has 1 saturated heterocycles. The molecule has 0 radical (unpaired) electrons. The van der Waals surface area contributed by atoms with Gasteiger partial charge in [0.2, 0.25) is 5.78 Å². The number of hydrogen-bond donors (Lipinski definition) is 3. The molecule has 0 saturated carbocycles. The van der Waals surface area contributed by atoms with Crippen LogP contribution in [0, 0.1) is 0 Å². The number of ketones is 1. The number of hydrogen-bond acceptors (Lipinski definition) is 7. The van der Waals surface area contributed by atoms with Crippen molar-refractivity contribution in [3.63, 3.8) is 0 Å². The number of carbonyl (C=O) groups is 1. The van der Waals surface area contributed by atoms with Gasteiger partial charge in [0.15, 0.2) is 0 Å². The van der Waals surface area contributed by atoms with E-state index in [1.165, 1.54) is 6.07 Å². The largest absolute Gasteiger partial charge is 0.394 e. The molecule has 8 nitrogen and oxygen atoms in total. The molecule has 126 valence electrons. The van der Waals surface area contributed by atoms with Gasteiger partial charge >= 0.3 is 5.69 Å². The highest BCUT2D eigenvalue weighted by Crippen LogP contribution is 2.29. The van der Waals surface area contributed by atoms with E-state index in [4.69, 9.17) is 10.5 Å². The molecule has 0 bridgehead atoms. The summed E-state index contributed by atoms with van der Waals surface area (Å²) in [4.78, 5) is 28.7. The van der Waals surface area contributed by atoms with Gasteiger partial charge in [-0.1, -0.05) is 30.3 Å². The predicted molar refractivity (Wildman–Crippen MR) is 84.4 cm³/mol. The third-order valence-corrected chi connectivity index (χ3v) is 3.92. The first kappa shape index (κ1) is 16.3. The number of nitrogen functional groups attached to an aromatic ring is 1. The van der Waals surface area contributed by atoms with Gasteiger partial charge in [0.05, 0.1) is 18.4 Å². The maximum atomic E-state index is 12.8. The van der Waals surface area contributed by atoms with Crippen LogP contribution in [-0.4, -0.2) is 44.4 Å². The summed E-state index contributed by atoms with van der Waals surface area (Å²) in [6.07, 6.45) is -2.60. The number of nitrogens with zero attached hydrogens (tertiary/aromatic N) is 2. The highest BCUT2D eigenvalue weighted by atomic mass is 16.5. The fourth-order valence-corrected chi connectivity index (χ4v) is 2.74. The minimum Gasteiger partial charge on any atom is -0.394 e. The van der Waals surface area contributed by atoms with E-state index in [1.807, 2.05) is 0 Å². The lowest BCUT2D eigenvalue weighted by Gasteiger charge is -2.18. The summed E-state index contributed by atoms with van der Waals surface area (Å²) in [5, 5.41) is 19.1. The van der Waals surface area contributed by atoms with Gasteiger partial charge in [-0.05, 0) is 0 Å². The van der Waals surface area contributed by atoms with Crippen molar-refractivity contribution in [2.75, 3.05) is 12.3 Å². The molecule has 8 heteroatoms. The molecule has 1 fully saturated rings. The molecular weight excluding hydrogens is 314 g/mol. The third kappa shape index (κ3) is 2.94. The van der Waals surface area contributed by atoms with Gasteiger partial charge in [-0.15, -0.1) is 0 Å². The first-order chi connectivity index (χ1) is 11.5. The summed E-state index contributed by atoms with van der Waals surface area (Å²) in [6, 6.07) is 9.73. The normalized spacial score (nSPS) is 23.3. The first-order valence-corrected chi connectivity index (χ1v) is 7.44. The molecular formula is C16H17N3O5. The second kappa shape index (κ2) is 6.52. The number of rotatable bonds is 4. The van der Waals surface area contributed by atoms with Crippen molar-refractivity contribution in [2.24, 2.45) is 0 Å². The number of carbonyl (C=O) groups excluding carboxylic acids is 1. The topological polar surface area (TPSA) is 128 Å². The van der Waals surface area contributed by atoms with Gasteiger partial charge in [-0.25, -0.2) is 4.79 Å². The van der Waals surface area contributed by atoms with Gasteiger partial charge in [0.25, 0.3) is 0 Å². The third-order valence-electron chi connectivity index (χ3n) is 3.92. The van der Waals surface area contributed by atoms with Crippen LogP contribution in [0.25, 0.3) is 0 Å². The lowest BCUT2D eigenvalue weighted by Crippen LogP contribution is -2.33. The molecule has 3 rings (SSSR count). The van der Waals surface area contributed by atoms with Gasteiger partial charge in [0, 0.05) is 18.1 Å². The Morgan fingerprint density at radius 1 is 1.38 bits per heavy atom. The standard InChI is InChI=1S/C16H17N3O5/c17-13-6-10(15(22)9-4-2-1-3-5-9)19(16(23)18-13)14-7-11(21)12(8-20)24-14/h1-6,11-12,14,20-21H,7-8H2,(H2,17,18,23)/t11-,12+,14+/m0/s1. The smallest absolute Gasteiger partial charge is 0.352 e. The lowest BCUT2D eigenvalue weighted by molar-refractivity contribution is -0.0463. The minimum absolute atomic E-state index is 0.0227. The molecule has 1 aromatic heterocycles. The van der Waals surface area contributed by atoms with Gasteiger partial charge in [-0.2, -0.15) is 4.98 Å². The molecule has 0 amide bonds. The molecule has 1 aliphatic heterocycles. The van der Waals surface area contributed by atoms with E-state index < -0.39 is 36.5 Å². The number of anilines is 1. The molecule has 0 aliphatic carbocycles. The molecule has 4 N–H and O–H groups in total. The summed E-state index contributed by atoms with van der Waals surface area (Å²) < 4.78 is 6.56. The maximum Gasteiger partial charge on any atom is 0.352 e. The zero-order chi connectivity index (χ0) is 17.3. The van der Waals surface area contributed by atoms with E-state index in [1.54, 1.807) is 30.3 Å².